The van der Waals surface area contributed by atoms with E-state index in [2.05, 4.69) is 4.74 Å². The molecule has 0 saturated carbocycles. The quantitative estimate of drug-likeness (QED) is 0.571. The third-order valence-corrected chi connectivity index (χ3v) is 5.31. The van der Waals surface area contributed by atoms with Crippen molar-refractivity contribution < 1.29 is 41.3 Å². The maximum absolute atomic E-state index is 12.6. The Hall–Kier alpha value is -1.85. The van der Waals surface area contributed by atoms with Gasteiger partial charge in [0.15, 0.2) is 0 Å². The predicted octanol–water partition coefficient (Wildman–Crippen LogP) is 2.38. The van der Waals surface area contributed by atoms with Crippen LogP contribution >= 0.6 is 0 Å². The van der Waals surface area contributed by atoms with Crippen molar-refractivity contribution in [2.75, 3.05) is 13.6 Å². The average molecular weight is 413 g/mol. The van der Waals surface area contributed by atoms with Crippen LogP contribution in [0.3, 0.4) is 0 Å². The van der Waals surface area contributed by atoms with Crippen molar-refractivity contribution >= 4 is 16.0 Å². The first-order valence-electron chi connectivity index (χ1n) is 8.07. The molecule has 0 aliphatic rings. The molecule has 2 N–H and O–H groups in total. The van der Waals surface area contributed by atoms with E-state index in [0.717, 1.165) is 16.4 Å². The minimum absolute atomic E-state index is 0.0962. The van der Waals surface area contributed by atoms with Crippen molar-refractivity contribution in [3.05, 3.63) is 23.8 Å². The largest absolute Gasteiger partial charge is 0.573 e. The lowest BCUT2D eigenvalue weighted by molar-refractivity contribution is -0.274. The summed E-state index contributed by atoms with van der Waals surface area (Å²) in [4.78, 5) is 10.1. The summed E-state index contributed by atoms with van der Waals surface area (Å²) in [6.45, 7) is 1.14. The van der Waals surface area contributed by atoms with E-state index in [0.29, 0.717) is 12.8 Å². The number of aliphatic hydroxyl groups excluding tert-OH is 1. The first-order chi connectivity index (χ1) is 12.3. The van der Waals surface area contributed by atoms with Gasteiger partial charge in [0.25, 0.3) is 0 Å². The number of likely N-dealkylation sites (N-methyl/N-ethyl adjacent to an activating group) is 1. The van der Waals surface area contributed by atoms with Gasteiger partial charge in [0, 0.05) is 26.1 Å². The van der Waals surface area contributed by atoms with Crippen LogP contribution in [0.4, 0.5) is 13.2 Å². The summed E-state index contributed by atoms with van der Waals surface area (Å²) in [6, 6.07) is 3.06. The molecule has 1 aromatic rings. The molecular formula is C16H22F3NO6S. The number of aryl methyl sites for hydroxylation is 1. The van der Waals surface area contributed by atoms with Crippen LogP contribution < -0.4 is 4.74 Å². The lowest BCUT2D eigenvalue weighted by Crippen LogP contribution is -2.33. The molecule has 0 unspecified atom stereocenters. The van der Waals surface area contributed by atoms with Crippen LogP contribution in [0.15, 0.2) is 23.1 Å². The van der Waals surface area contributed by atoms with Gasteiger partial charge < -0.3 is 14.9 Å². The third-order valence-electron chi connectivity index (χ3n) is 3.51. The zero-order valence-electron chi connectivity index (χ0n) is 14.9. The molecule has 0 radical (unpaired) electrons. The topological polar surface area (TPSA) is 104 Å². The number of unbranched alkanes of at least 4 members (excludes halogenated alkanes) is 1. The highest BCUT2D eigenvalue weighted by molar-refractivity contribution is 7.89. The van der Waals surface area contributed by atoms with E-state index in [-0.39, 0.29) is 24.9 Å². The summed E-state index contributed by atoms with van der Waals surface area (Å²) in [5, 5.41) is 18.0. The maximum Gasteiger partial charge on any atom is 0.573 e. The Morgan fingerprint density at radius 3 is 2.41 bits per heavy atom. The number of hydrogen-bond donors (Lipinski definition) is 2. The Morgan fingerprint density at radius 1 is 1.26 bits per heavy atom. The molecule has 154 valence electrons. The standard InChI is InChI=1S/C16H22F3NO6S/c1-11(21)10-20(2)27(24,25)14-8-12(5-3-4-6-15(22)23)7-13(9-14)26-16(17,18)19/h7-9,11,21H,3-6,10H2,1-2H3,(H,22,23)/t11-/m0/s1. The number of rotatable bonds is 10. The molecule has 0 spiro atoms. The molecule has 1 aromatic carbocycles. The number of carbonyl (C=O) groups is 1. The van der Waals surface area contributed by atoms with Gasteiger partial charge in [0.2, 0.25) is 10.0 Å². The molecule has 0 bridgehead atoms. The van der Waals surface area contributed by atoms with Crippen LogP contribution in [-0.4, -0.2) is 55.0 Å². The van der Waals surface area contributed by atoms with Crippen molar-refractivity contribution in [3.63, 3.8) is 0 Å². The zero-order chi connectivity index (χ0) is 20.8. The molecule has 11 heteroatoms. The molecule has 0 aliphatic heterocycles. The fraction of sp³-hybridized carbons (Fsp3) is 0.562. The van der Waals surface area contributed by atoms with E-state index in [9.17, 15) is 31.5 Å². The number of ether oxygens (including phenoxy) is 1. The molecule has 0 saturated heterocycles. The van der Waals surface area contributed by atoms with Crippen LogP contribution in [0.2, 0.25) is 0 Å². The molecule has 0 aromatic heterocycles. The van der Waals surface area contributed by atoms with Gasteiger partial charge in [-0.15, -0.1) is 13.2 Å². The molecule has 1 rings (SSSR count). The van der Waals surface area contributed by atoms with Crippen molar-refractivity contribution in [3.8, 4) is 5.75 Å². The van der Waals surface area contributed by atoms with Gasteiger partial charge in [-0.2, -0.15) is 4.31 Å². The summed E-state index contributed by atoms with van der Waals surface area (Å²) in [5.41, 5.74) is 0.270. The molecule has 0 amide bonds. The van der Waals surface area contributed by atoms with E-state index in [1.807, 2.05) is 0 Å². The molecule has 1 atom stereocenters. The lowest BCUT2D eigenvalue weighted by atomic mass is 10.1. The summed E-state index contributed by atoms with van der Waals surface area (Å²) < 4.78 is 67.4. The fourth-order valence-electron chi connectivity index (χ4n) is 2.37. The van der Waals surface area contributed by atoms with E-state index in [4.69, 9.17) is 5.11 Å². The summed E-state index contributed by atoms with van der Waals surface area (Å²) in [5.74, 6) is -1.67. The normalized spacial score (nSPS) is 13.6. The second-order valence-electron chi connectivity index (χ2n) is 6.10. The van der Waals surface area contributed by atoms with Crippen LogP contribution in [0.5, 0.6) is 5.75 Å². The number of hydrogen-bond acceptors (Lipinski definition) is 5. The molecule has 0 fully saturated rings. The number of aliphatic hydroxyl groups is 1. The minimum Gasteiger partial charge on any atom is -0.481 e. The van der Waals surface area contributed by atoms with Gasteiger partial charge in [-0.3, -0.25) is 4.79 Å². The number of sulfonamides is 1. The van der Waals surface area contributed by atoms with Gasteiger partial charge in [0.05, 0.1) is 11.0 Å². The number of benzene rings is 1. The Balaban J connectivity index is 3.15. The summed E-state index contributed by atoms with van der Waals surface area (Å²) >= 11 is 0. The number of carboxylic acid groups (broad SMARTS) is 1. The van der Waals surface area contributed by atoms with Crippen molar-refractivity contribution in [1.82, 2.24) is 4.31 Å². The minimum atomic E-state index is -4.99. The van der Waals surface area contributed by atoms with Crippen molar-refractivity contribution in [2.24, 2.45) is 0 Å². The van der Waals surface area contributed by atoms with Gasteiger partial charge in [0.1, 0.15) is 5.75 Å². The highest BCUT2D eigenvalue weighted by Crippen LogP contribution is 2.28. The second kappa shape index (κ2) is 9.38. The van der Waals surface area contributed by atoms with Crippen molar-refractivity contribution in [1.29, 1.82) is 0 Å². The van der Waals surface area contributed by atoms with Gasteiger partial charge >= 0.3 is 12.3 Å². The molecule has 0 heterocycles. The Morgan fingerprint density at radius 2 is 1.89 bits per heavy atom. The fourth-order valence-corrected chi connectivity index (χ4v) is 3.71. The molecule has 0 aliphatic carbocycles. The van der Waals surface area contributed by atoms with Gasteiger partial charge in [-0.05, 0) is 43.9 Å². The van der Waals surface area contributed by atoms with E-state index in [1.165, 1.54) is 20.0 Å². The SMILES string of the molecule is C[C@H](O)CN(C)S(=O)(=O)c1cc(CCCCC(=O)O)cc(OC(F)(F)F)c1. The Kier molecular flexibility index (Phi) is 8.05. The van der Waals surface area contributed by atoms with Crippen LogP contribution in [0.1, 0.15) is 31.7 Å². The van der Waals surface area contributed by atoms with Crippen LogP contribution in [-0.2, 0) is 21.2 Å². The summed E-state index contributed by atoms with van der Waals surface area (Å²) in [6.07, 6.45) is -5.22. The van der Waals surface area contributed by atoms with Gasteiger partial charge in [-0.1, -0.05) is 0 Å². The smallest absolute Gasteiger partial charge is 0.481 e. The predicted molar refractivity (Wildman–Crippen MR) is 89.8 cm³/mol. The number of aliphatic carboxylic acids is 1. The monoisotopic (exact) mass is 413 g/mol. The van der Waals surface area contributed by atoms with Gasteiger partial charge in [-0.25, -0.2) is 8.42 Å². The summed E-state index contributed by atoms with van der Waals surface area (Å²) in [7, 11) is -2.95. The average Bonchev–Trinajstić information content (AvgIpc) is 2.48. The van der Waals surface area contributed by atoms with E-state index < -0.39 is 39.1 Å². The zero-order valence-corrected chi connectivity index (χ0v) is 15.7. The van der Waals surface area contributed by atoms with E-state index in [1.54, 1.807) is 0 Å². The molecular weight excluding hydrogens is 391 g/mol. The molecule has 27 heavy (non-hydrogen) atoms. The maximum atomic E-state index is 12.6. The Bertz CT molecular complexity index is 749. The first kappa shape index (κ1) is 23.2. The van der Waals surface area contributed by atoms with E-state index >= 15 is 0 Å². The number of nitrogens with zero attached hydrogens (tertiary/aromatic N) is 1. The van der Waals surface area contributed by atoms with Crippen molar-refractivity contribution in [2.45, 2.75) is 50.0 Å². The first-order valence-corrected chi connectivity index (χ1v) is 9.51. The third kappa shape index (κ3) is 8.14. The number of carboxylic acids is 1. The highest BCUT2D eigenvalue weighted by Gasteiger charge is 2.32. The van der Waals surface area contributed by atoms with Crippen LogP contribution in [0, 0.1) is 0 Å². The second-order valence-corrected chi connectivity index (χ2v) is 8.14. The highest BCUT2D eigenvalue weighted by atomic mass is 32.2. The number of alkyl halides is 3. The lowest BCUT2D eigenvalue weighted by Gasteiger charge is -2.20. The number of halogens is 3. The van der Waals surface area contributed by atoms with Crippen LogP contribution in [0.25, 0.3) is 0 Å². The Labute approximate surface area is 155 Å². The molecule has 7 nitrogen and oxygen atoms in total.